The van der Waals surface area contributed by atoms with Crippen molar-refractivity contribution < 1.29 is 5.21 Å². The molecule has 5 rings (SSSR count). The molecule has 4 aromatic rings. The molecule has 0 saturated carbocycles. The number of hydrogen-bond donors (Lipinski definition) is 1. The monoisotopic (exact) mass is 496 g/mol. The van der Waals surface area contributed by atoms with E-state index >= 15 is 0 Å². The number of rotatable bonds is 7. The minimum absolute atomic E-state index is 0.582. The van der Waals surface area contributed by atoms with Crippen LogP contribution < -0.4 is 0 Å². The van der Waals surface area contributed by atoms with E-state index in [0.717, 1.165) is 84.1 Å². The van der Waals surface area contributed by atoms with E-state index in [2.05, 4.69) is 76.8 Å². The van der Waals surface area contributed by atoms with Crippen molar-refractivity contribution in [3.63, 3.8) is 0 Å². The van der Waals surface area contributed by atoms with Gasteiger partial charge in [-0.3, -0.25) is 4.90 Å². The van der Waals surface area contributed by atoms with Crippen LogP contribution in [0.25, 0.3) is 11.2 Å². The van der Waals surface area contributed by atoms with Crippen LogP contribution in [0.3, 0.4) is 0 Å². The number of nitrogens with zero attached hydrogens (tertiary/aromatic N) is 6. The van der Waals surface area contributed by atoms with Crippen LogP contribution in [0.1, 0.15) is 46.3 Å². The lowest BCUT2D eigenvalue weighted by Gasteiger charge is -2.32. The van der Waals surface area contributed by atoms with Gasteiger partial charge in [0.2, 0.25) is 0 Å². The molecule has 37 heavy (non-hydrogen) atoms. The van der Waals surface area contributed by atoms with Gasteiger partial charge in [0.15, 0.2) is 5.65 Å². The number of piperazine rings is 1. The van der Waals surface area contributed by atoms with E-state index in [1.807, 2.05) is 25.1 Å². The number of likely N-dealkylation sites (N-methyl/N-ethyl adjacent to an activating group) is 1. The van der Waals surface area contributed by atoms with Gasteiger partial charge in [0, 0.05) is 56.0 Å². The summed E-state index contributed by atoms with van der Waals surface area (Å²) < 4.78 is 2.21. The molecule has 7 nitrogen and oxygen atoms in total. The van der Waals surface area contributed by atoms with Crippen molar-refractivity contribution in [3.05, 3.63) is 93.9 Å². The zero-order valence-corrected chi connectivity index (χ0v) is 22.3. The van der Waals surface area contributed by atoms with Crippen molar-refractivity contribution >= 4 is 16.9 Å². The molecule has 0 unspecified atom stereocenters. The fraction of sp³-hybridized carbons (Fsp3) is 0.367. The van der Waals surface area contributed by atoms with Gasteiger partial charge < -0.3 is 14.7 Å². The smallest absolute Gasteiger partial charge is 0.160 e. The van der Waals surface area contributed by atoms with Crippen molar-refractivity contribution in [2.75, 3.05) is 33.2 Å². The van der Waals surface area contributed by atoms with Gasteiger partial charge in [0.1, 0.15) is 17.1 Å². The van der Waals surface area contributed by atoms with E-state index in [0.29, 0.717) is 12.3 Å². The van der Waals surface area contributed by atoms with E-state index < -0.39 is 0 Å². The Hall–Kier alpha value is -3.55. The number of aryl methyl sites for hydroxylation is 3. The summed E-state index contributed by atoms with van der Waals surface area (Å²) in [6, 6.07) is 18.7. The molecule has 7 heteroatoms. The Bertz CT molecular complexity index is 1430. The molecule has 1 N–H and O–H groups in total. The zero-order chi connectivity index (χ0) is 25.9. The molecular weight excluding hydrogens is 460 g/mol. The highest BCUT2D eigenvalue weighted by molar-refractivity contribution is 6.12. The van der Waals surface area contributed by atoms with Gasteiger partial charge in [-0.25, -0.2) is 9.97 Å². The predicted octanol–water partition coefficient (Wildman–Crippen LogP) is 4.63. The molecule has 0 radical (unpaired) electrons. The third-order valence-corrected chi connectivity index (χ3v) is 7.26. The van der Waals surface area contributed by atoms with E-state index in [1.54, 1.807) is 0 Å². The second kappa shape index (κ2) is 10.8. The minimum Gasteiger partial charge on any atom is -0.410 e. The van der Waals surface area contributed by atoms with E-state index in [4.69, 9.17) is 9.97 Å². The molecule has 3 heterocycles. The molecule has 2 aromatic heterocycles. The second-order valence-corrected chi connectivity index (χ2v) is 10.1. The van der Waals surface area contributed by atoms with Crippen LogP contribution in [0, 0.1) is 13.8 Å². The molecule has 1 saturated heterocycles. The molecule has 192 valence electrons. The first-order valence-corrected chi connectivity index (χ1v) is 13.1. The summed E-state index contributed by atoms with van der Waals surface area (Å²) in [6.45, 7) is 12.1. The Balaban J connectivity index is 1.41. The quantitative estimate of drug-likeness (QED) is 0.229. The Morgan fingerprint density at radius 1 is 0.892 bits per heavy atom. The van der Waals surface area contributed by atoms with Crippen molar-refractivity contribution in [1.82, 2.24) is 24.3 Å². The summed E-state index contributed by atoms with van der Waals surface area (Å²) in [7, 11) is 2.17. The topological polar surface area (TPSA) is 69.8 Å². The van der Waals surface area contributed by atoms with Crippen molar-refractivity contribution in [2.45, 2.75) is 40.3 Å². The van der Waals surface area contributed by atoms with Gasteiger partial charge in [0.05, 0.1) is 6.54 Å². The van der Waals surface area contributed by atoms with Gasteiger partial charge in [0.25, 0.3) is 0 Å². The largest absolute Gasteiger partial charge is 0.410 e. The maximum Gasteiger partial charge on any atom is 0.160 e. The lowest BCUT2D eigenvalue weighted by molar-refractivity contribution is 0.148. The number of imidazole rings is 1. The fourth-order valence-electron chi connectivity index (χ4n) is 5.25. The Kier molecular flexibility index (Phi) is 7.35. The van der Waals surface area contributed by atoms with Gasteiger partial charge in [-0.05, 0) is 55.8 Å². The van der Waals surface area contributed by atoms with Crippen LogP contribution in [-0.4, -0.2) is 68.5 Å². The van der Waals surface area contributed by atoms with Crippen LogP contribution in [0.5, 0.6) is 0 Å². The van der Waals surface area contributed by atoms with Crippen LogP contribution in [0.4, 0.5) is 0 Å². The molecule has 0 spiro atoms. The predicted molar refractivity (Wildman–Crippen MR) is 149 cm³/mol. The summed E-state index contributed by atoms with van der Waals surface area (Å²) in [6.07, 6.45) is 0.831. The molecular formula is C30H36N6O. The summed E-state index contributed by atoms with van der Waals surface area (Å²) in [5.74, 6) is 1.02. The highest BCUT2D eigenvalue weighted by Gasteiger charge is 2.17. The van der Waals surface area contributed by atoms with Gasteiger partial charge >= 0.3 is 0 Å². The first-order chi connectivity index (χ1) is 17.9. The van der Waals surface area contributed by atoms with E-state index in [9.17, 15) is 5.21 Å². The molecule has 2 aromatic carbocycles. The third-order valence-electron chi connectivity index (χ3n) is 7.26. The maximum absolute atomic E-state index is 10.1. The first kappa shape index (κ1) is 25.1. The average molecular weight is 497 g/mol. The van der Waals surface area contributed by atoms with E-state index in [1.165, 1.54) is 5.56 Å². The molecule has 1 aliphatic heterocycles. The SMILES string of the molecule is CCc1nc2c(C)cc(C)nc2n1Cc1cccc(C(=NO)c2cccc(CN3CCN(C)CC3)c2)c1. The Morgan fingerprint density at radius 3 is 2.16 bits per heavy atom. The number of aromatic nitrogens is 3. The number of fused-ring (bicyclic) bond motifs is 1. The van der Waals surface area contributed by atoms with Gasteiger partial charge in [-0.1, -0.05) is 48.5 Å². The second-order valence-electron chi connectivity index (χ2n) is 10.1. The Morgan fingerprint density at radius 2 is 1.54 bits per heavy atom. The zero-order valence-electron chi connectivity index (χ0n) is 22.3. The van der Waals surface area contributed by atoms with E-state index in [-0.39, 0.29) is 0 Å². The van der Waals surface area contributed by atoms with Crippen molar-refractivity contribution in [2.24, 2.45) is 5.16 Å². The highest BCUT2D eigenvalue weighted by Crippen LogP contribution is 2.22. The van der Waals surface area contributed by atoms with Crippen LogP contribution >= 0.6 is 0 Å². The van der Waals surface area contributed by atoms with Crippen LogP contribution in [-0.2, 0) is 19.5 Å². The van der Waals surface area contributed by atoms with Gasteiger partial charge in [-0.15, -0.1) is 0 Å². The third kappa shape index (κ3) is 5.43. The lowest BCUT2D eigenvalue weighted by atomic mass is 9.98. The average Bonchev–Trinajstić information content (AvgIpc) is 3.24. The number of pyridine rings is 1. The minimum atomic E-state index is 0.582. The maximum atomic E-state index is 10.1. The molecule has 0 aliphatic carbocycles. The Labute approximate surface area is 219 Å². The number of benzene rings is 2. The molecule has 0 bridgehead atoms. The summed E-state index contributed by atoms with van der Waals surface area (Å²) in [4.78, 5) is 14.5. The molecule has 0 amide bonds. The highest BCUT2D eigenvalue weighted by atomic mass is 16.4. The molecule has 1 aliphatic rings. The molecule has 0 atom stereocenters. The molecule has 1 fully saturated rings. The summed E-state index contributed by atoms with van der Waals surface area (Å²) in [5.41, 5.74) is 8.76. The van der Waals surface area contributed by atoms with Crippen molar-refractivity contribution in [3.8, 4) is 0 Å². The standard InChI is InChI=1S/C30H36N6O/c1-5-27-32-28-21(2)16-22(3)31-30(28)36(27)20-24-9-7-11-26(18-24)29(33-37)25-10-6-8-23(17-25)19-35-14-12-34(4)13-15-35/h6-11,16-18,37H,5,12-15,19-20H2,1-4H3. The number of hydrogen-bond acceptors (Lipinski definition) is 6. The summed E-state index contributed by atoms with van der Waals surface area (Å²) in [5, 5.41) is 13.8. The van der Waals surface area contributed by atoms with Gasteiger partial charge in [-0.2, -0.15) is 0 Å². The lowest BCUT2D eigenvalue weighted by Crippen LogP contribution is -2.43. The van der Waals surface area contributed by atoms with Crippen LogP contribution in [0.15, 0.2) is 59.8 Å². The fourth-order valence-corrected chi connectivity index (χ4v) is 5.25. The summed E-state index contributed by atoms with van der Waals surface area (Å²) >= 11 is 0. The number of oxime groups is 1. The van der Waals surface area contributed by atoms with Crippen LogP contribution in [0.2, 0.25) is 0 Å². The normalized spacial score (nSPS) is 15.5. The van der Waals surface area contributed by atoms with Crippen molar-refractivity contribution in [1.29, 1.82) is 0 Å². The first-order valence-electron chi connectivity index (χ1n) is 13.1.